The summed E-state index contributed by atoms with van der Waals surface area (Å²) in [4.78, 5) is 31.1. The van der Waals surface area contributed by atoms with Crippen LogP contribution in [0.15, 0.2) is 84.0 Å². The zero-order chi connectivity index (χ0) is 25.9. The lowest BCUT2D eigenvalue weighted by atomic mass is 10.1. The highest BCUT2D eigenvalue weighted by Gasteiger charge is 2.39. The number of Topliss-reactive ketones (excluding diaryl/α,β-unsaturated/α-hetero) is 1. The first kappa shape index (κ1) is 24.6. The molecule has 0 bridgehead atoms. The molecule has 3 aromatic carbocycles. The van der Waals surface area contributed by atoms with E-state index in [1.807, 2.05) is 52.1 Å². The van der Waals surface area contributed by atoms with Gasteiger partial charge in [0.2, 0.25) is 5.91 Å². The fourth-order valence-corrected chi connectivity index (χ4v) is 5.00. The van der Waals surface area contributed by atoms with E-state index in [-0.39, 0.29) is 17.9 Å². The lowest BCUT2D eigenvalue weighted by Crippen LogP contribution is -2.48. The largest absolute Gasteiger partial charge is 0.368 e. The molecule has 0 radical (unpaired) electrons. The number of amidine groups is 1. The normalized spacial score (nSPS) is 17.7. The summed E-state index contributed by atoms with van der Waals surface area (Å²) in [5.74, 6) is 0.537. The molecule has 3 aromatic rings. The monoisotopic (exact) mass is 495 g/mol. The minimum absolute atomic E-state index is 0.0867. The molecule has 1 saturated heterocycles. The number of rotatable bonds is 6. The number of amides is 1. The van der Waals surface area contributed by atoms with Crippen LogP contribution in [0.5, 0.6) is 0 Å². The van der Waals surface area contributed by atoms with Gasteiger partial charge >= 0.3 is 0 Å². The summed E-state index contributed by atoms with van der Waals surface area (Å²) in [5.41, 5.74) is 5.17. The molecule has 1 atom stereocenters. The Morgan fingerprint density at radius 3 is 2.03 bits per heavy atom. The number of hydrogen-bond acceptors (Lipinski definition) is 6. The van der Waals surface area contributed by atoms with E-state index in [0.717, 1.165) is 48.8 Å². The molecular formula is C30H33N5O2. The average Bonchev–Trinajstić information content (AvgIpc) is 3.35. The maximum Gasteiger partial charge on any atom is 0.222 e. The van der Waals surface area contributed by atoms with E-state index in [2.05, 4.69) is 60.4 Å². The number of para-hydroxylation sites is 1. The van der Waals surface area contributed by atoms with Crippen molar-refractivity contribution in [3.63, 3.8) is 0 Å². The van der Waals surface area contributed by atoms with Crippen LogP contribution < -0.4 is 14.8 Å². The number of nitrogens with zero attached hydrogens (tertiary/aromatic N) is 5. The van der Waals surface area contributed by atoms with E-state index in [0.29, 0.717) is 12.3 Å². The fraction of sp³-hybridized carbons (Fsp3) is 0.300. The number of anilines is 3. The number of benzene rings is 3. The van der Waals surface area contributed by atoms with Crippen molar-refractivity contribution in [3.05, 3.63) is 90.0 Å². The van der Waals surface area contributed by atoms with Gasteiger partial charge in [-0.05, 0) is 48.9 Å². The van der Waals surface area contributed by atoms with Gasteiger partial charge in [-0.25, -0.2) is 5.01 Å². The number of carbonyl (C=O) groups is 2. The van der Waals surface area contributed by atoms with Gasteiger partial charge in [-0.15, -0.1) is 5.10 Å². The van der Waals surface area contributed by atoms with Gasteiger partial charge < -0.3 is 9.80 Å². The van der Waals surface area contributed by atoms with Crippen LogP contribution in [-0.4, -0.2) is 48.6 Å². The molecule has 2 aliphatic rings. The summed E-state index contributed by atoms with van der Waals surface area (Å²) in [6.45, 7) is 8.64. The van der Waals surface area contributed by atoms with Crippen molar-refractivity contribution in [2.24, 2.45) is 5.10 Å². The molecule has 7 nitrogen and oxygen atoms in total. The van der Waals surface area contributed by atoms with E-state index in [1.165, 1.54) is 5.56 Å². The molecule has 0 saturated carbocycles. The highest BCUT2D eigenvalue weighted by Crippen LogP contribution is 2.39. The summed E-state index contributed by atoms with van der Waals surface area (Å²) in [6, 6.07) is 26.7. The topological polar surface area (TPSA) is 59.5 Å². The lowest BCUT2D eigenvalue weighted by molar-refractivity contribution is -0.131. The van der Waals surface area contributed by atoms with Crippen LogP contribution in [0.2, 0.25) is 0 Å². The van der Waals surface area contributed by atoms with Gasteiger partial charge in [0.15, 0.2) is 17.8 Å². The molecule has 0 aliphatic carbocycles. The second kappa shape index (κ2) is 10.5. The van der Waals surface area contributed by atoms with Gasteiger partial charge in [0.25, 0.3) is 0 Å². The summed E-state index contributed by atoms with van der Waals surface area (Å²) in [7, 11) is 0. The van der Waals surface area contributed by atoms with Crippen LogP contribution in [0.4, 0.5) is 17.1 Å². The van der Waals surface area contributed by atoms with Crippen LogP contribution in [0.1, 0.15) is 37.6 Å². The lowest BCUT2D eigenvalue weighted by Gasteiger charge is -2.36. The molecule has 0 unspecified atom stereocenters. The molecule has 37 heavy (non-hydrogen) atoms. The van der Waals surface area contributed by atoms with Gasteiger partial charge in [-0.3, -0.25) is 14.5 Å². The minimum atomic E-state index is -0.295. The van der Waals surface area contributed by atoms with Crippen molar-refractivity contribution in [2.75, 3.05) is 41.0 Å². The summed E-state index contributed by atoms with van der Waals surface area (Å²) in [5, 5.41) is 6.75. The highest BCUT2D eigenvalue weighted by molar-refractivity contribution is 6.44. The molecule has 1 amide bonds. The van der Waals surface area contributed by atoms with Gasteiger partial charge in [0.1, 0.15) is 0 Å². The van der Waals surface area contributed by atoms with E-state index in [4.69, 9.17) is 5.10 Å². The molecule has 2 heterocycles. The zero-order valence-corrected chi connectivity index (χ0v) is 21.7. The van der Waals surface area contributed by atoms with Crippen molar-refractivity contribution in [3.8, 4) is 0 Å². The quantitative estimate of drug-likeness (QED) is 0.483. The van der Waals surface area contributed by atoms with Gasteiger partial charge in [-0.1, -0.05) is 55.0 Å². The van der Waals surface area contributed by atoms with Crippen molar-refractivity contribution < 1.29 is 9.59 Å². The Kier molecular flexibility index (Phi) is 6.95. The first-order valence-corrected chi connectivity index (χ1v) is 12.9. The van der Waals surface area contributed by atoms with Crippen LogP contribution in [0.3, 0.4) is 0 Å². The number of piperazine rings is 1. The second-order valence-corrected chi connectivity index (χ2v) is 9.55. The van der Waals surface area contributed by atoms with Crippen molar-refractivity contribution in [1.82, 2.24) is 4.90 Å². The minimum Gasteiger partial charge on any atom is -0.368 e. The predicted octanol–water partition coefficient (Wildman–Crippen LogP) is 4.98. The van der Waals surface area contributed by atoms with E-state index in [9.17, 15) is 9.59 Å². The Hall–Kier alpha value is -4.13. The third kappa shape index (κ3) is 4.94. The first-order chi connectivity index (χ1) is 18.0. The van der Waals surface area contributed by atoms with Crippen LogP contribution in [-0.2, 0) is 9.59 Å². The second-order valence-electron chi connectivity index (χ2n) is 9.55. The Morgan fingerprint density at radius 1 is 0.811 bits per heavy atom. The zero-order valence-electron chi connectivity index (χ0n) is 21.7. The number of ketones is 1. The van der Waals surface area contributed by atoms with E-state index >= 15 is 0 Å². The highest BCUT2D eigenvalue weighted by atomic mass is 16.2. The molecule has 2 aliphatic heterocycles. The SMILES string of the molecule is CCC(=O)N1CCN(c2ccc(N3C(C(C)=O)=NN(c4ccccc4)[C@@H]3c3ccc(C)cc3)cc2)CC1. The smallest absolute Gasteiger partial charge is 0.222 e. The van der Waals surface area contributed by atoms with Gasteiger partial charge in [0.05, 0.1) is 5.69 Å². The molecular weight excluding hydrogens is 462 g/mol. The predicted molar refractivity (Wildman–Crippen MR) is 149 cm³/mol. The first-order valence-electron chi connectivity index (χ1n) is 12.9. The third-order valence-corrected chi connectivity index (χ3v) is 7.05. The van der Waals surface area contributed by atoms with Crippen molar-refractivity contribution >= 4 is 34.6 Å². The molecule has 0 aromatic heterocycles. The average molecular weight is 496 g/mol. The maximum atomic E-state index is 12.8. The van der Waals surface area contributed by atoms with Gasteiger partial charge in [-0.2, -0.15) is 0 Å². The number of hydrazone groups is 1. The van der Waals surface area contributed by atoms with Crippen molar-refractivity contribution in [2.45, 2.75) is 33.4 Å². The van der Waals surface area contributed by atoms with E-state index in [1.54, 1.807) is 6.92 Å². The Balaban J connectivity index is 1.47. The Bertz CT molecular complexity index is 1280. The summed E-state index contributed by atoms with van der Waals surface area (Å²) in [6.07, 6.45) is 0.253. The van der Waals surface area contributed by atoms with Gasteiger partial charge in [0, 0.05) is 50.9 Å². The third-order valence-electron chi connectivity index (χ3n) is 7.05. The summed E-state index contributed by atoms with van der Waals surface area (Å²) >= 11 is 0. The summed E-state index contributed by atoms with van der Waals surface area (Å²) < 4.78 is 0. The maximum absolute atomic E-state index is 12.8. The Labute approximate surface area is 218 Å². The molecule has 5 rings (SSSR count). The molecule has 1 fully saturated rings. The van der Waals surface area contributed by atoms with Crippen molar-refractivity contribution in [1.29, 1.82) is 0 Å². The van der Waals surface area contributed by atoms with Crippen LogP contribution in [0, 0.1) is 6.92 Å². The molecule has 0 N–H and O–H groups in total. The number of carbonyl (C=O) groups excluding carboxylic acids is 2. The number of aryl methyl sites for hydroxylation is 1. The van der Waals surface area contributed by atoms with Crippen LogP contribution in [0.25, 0.3) is 0 Å². The fourth-order valence-electron chi connectivity index (χ4n) is 5.00. The molecule has 7 heteroatoms. The van der Waals surface area contributed by atoms with Crippen LogP contribution >= 0.6 is 0 Å². The molecule has 0 spiro atoms. The molecule has 190 valence electrons. The van der Waals surface area contributed by atoms with E-state index < -0.39 is 0 Å². The number of hydrogen-bond donors (Lipinski definition) is 0. The Morgan fingerprint density at radius 2 is 1.43 bits per heavy atom. The standard InChI is InChI=1S/C30H33N5O2/c1-4-28(37)33-20-18-32(19-21-33)25-14-16-26(17-15-25)34-29(23(3)36)31-35(27-8-6-5-7-9-27)30(34)24-12-10-22(2)11-13-24/h5-17,30H,4,18-21H2,1-3H3/t30-/m1/s1.